The molecule has 40 heavy (non-hydrogen) atoms. The van der Waals surface area contributed by atoms with Gasteiger partial charge < -0.3 is 14.7 Å². The van der Waals surface area contributed by atoms with Crippen LogP contribution in [0.1, 0.15) is 87.7 Å². The van der Waals surface area contributed by atoms with Gasteiger partial charge in [0.05, 0.1) is 16.7 Å². The van der Waals surface area contributed by atoms with Crippen molar-refractivity contribution < 1.29 is 29.0 Å². The van der Waals surface area contributed by atoms with Gasteiger partial charge in [0.1, 0.15) is 12.0 Å². The third kappa shape index (κ3) is 7.25. The number of rotatable bonds is 7. The molecule has 0 saturated heterocycles. The number of carboxylic acids is 1. The van der Waals surface area contributed by atoms with Crippen molar-refractivity contribution in [3.8, 4) is 17.6 Å². The lowest BCUT2D eigenvalue weighted by molar-refractivity contribution is -0.885. The minimum absolute atomic E-state index is 0.00901. The van der Waals surface area contributed by atoms with Gasteiger partial charge in [0, 0.05) is 28.2 Å². The van der Waals surface area contributed by atoms with Gasteiger partial charge in [-0.25, -0.2) is 4.79 Å². The Balaban J connectivity index is 1.63. The lowest BCUT2D eigenvalue weighted by Gasteiger charge is -2.40. The maximum absolute atomic E-state index is 14.3. The van der Waals surface area contributed by atoms with Crippen molar-refractivity contribution in [2.45, 2.75) is 85.3 Å². The van der Waals surface area contributed by atoms with Crippen molar-refractivity contribution in [2.24, 2.45) is 17.3 Å². The van der Waals surface area contributed by atoms with Gasteiger partial charge in [-0.2, -0.15) is 0 Å². The molecule has 0 spiro atoms. The van der Waals surface area contributed by atoms with E-state index in [-0.39, 0.29) is 40.2 Å². The molecular formula is C32H41N2O5S+. The molecule has 214 valence electrons. The van der Waals surface area contributed by atoms with Gasteiger partial charge in [-0.3, -0.25) is 9.63 Å². The van der Waals surface area contributed by atoms with Gasteiger partial charge >= 0.3 is 5.97 Å². The summed E-state index contributed by atoms with van der Waals surface area (Å²) in [5.74, 6) is 6.09. The fourth-order valence-corrected chi connectivity index (χ4v) is 6.41. The third-order valence-electron chi connectivity index (χ3n) is 7.60. The first-order valence-electron chi connectivity index (χ1n) is 14.1. The summed E-state index contributed by atoms with van der Waals surface area (Å²) in [6.45, 7) is 10.3. The molecule has 2 aliphatic rings. The fraction of sp³-hybridized carbons (Fsp3) is 0.531. The molecule has 0 unspecified atom stereocenters. The van der Waals surface area contributed by atoms with Gasteiger partial charge in [-0.05, 0) is 84.3 Å². The topological polar surface area (TPSA) is 80.0 Å². The highest BCUT2D eigenvalue weighted by Crippen LogP contribution is 2.39. The summed E-state index contributed by atoms with van der Waals surface area (Å²) in [5.41, 5.74) is 1.57. The number of thiophene rings is 1. The number of allylic oxidation sites excluding steroid dienone is 2. The zero-order valence-corrected chi connectivity index (χ0v) is 25.2. The Bertz CT molecular complexity index is 1320. The Labute approximate surface area is 241 Å². The van der Waals surface area contributed by atoms with E-state index < -0.39 is 5.97 Å². The number of aromatic carboxylic acids is 1. The van der Waals surface area contributed by atoms with Crippen molar-refractivity contribution in [3.63, 3.8) is 0 Å². The van der Waals surface area contributed by atoms with E-state index in [2.05, 4.69) is 31.8 Å². The van der Waals surface area contributed by atoms with Crippen LogP contribution in [0.2, 0.25) is 0 Å². The maximum atomic E-state index is 14.3. The molecule has 4 rings (SSSR count). The standard InChI is InChI=1S/C32H40N2O5S/c1-21-9-14-27(22(2)18-21)30(35)34(28-19-26(15-16-32(3,4)5)40-29(28)31(36)37)23-10-12-24(13-11-23)39-25-8-7-17-33(20-25)38-6/h7-9,17,19-20,22-24,27H,10-14,18H2,1-6H3/p+1/t22-,23?,24?,27-/m0/s1. The molecule has 1 N–H and O–H groups in total. The first-order chi connectivity index (χ1) is 18.9. The first-order valence-corrected chi connectivity index (χ1v) is 14.9. The van der Waals surface area contributed by atoms with Crippen molar-refractivity contribution in [1.82, 2.24) is 0 Å². The van der Waals surface area contributed by atoms with Crippen molar-refractivity contribution in [3.05, 3.63) is 52.0 Å². The van der Waals surface area contributed by atoms with E-state index >= 15 is 0 Å². The third-order valence-corrected chi connectivity index (χ3v) is 8.63. The molecular weight excluding hydrogens is 524 g/mol. The van der Waals surface area contributed by atoms with Crippen LogP contribution in [-0.4, -0.2) is 36.2 Å². The molecule has 1 saturated carbocycles. The number of carbonyl (C=O) groups is 2. The summed E-state index contributed by atoms with van der Waals surface area (Å²) in [4.78, 5) is 34.6. The molecule has 1 fully saturated rings. The SMILES string of the molecule is CO[n+]1cccc(OC2CCC(N(C(=O)[C@H]3CC=C(C)C[C@@H]3C)c3cc(C#CC(C)(C)C)sc3C(=O)O)CC2)c1. The van der Waals surface area contributed by atoms with Crippen LogP contribution in [0.5, 0.6) is 5.75 Å². The van der Waals surface area contributed by atoms with E-state index in [0.29, 0.717) is 17.0 Å². The van der Waals surface area contributed by atoms with E-state index in [1.54, 1.807) is 24.2 Å². The van der Waals surface area contributed by atoms with Gasteiger partial charge in [0.2, 0.25) is 12.1 Å². The highest BCUT2D eigenvalue weighted by Gasteiger charge is 2.39. The van der Waals surface area contributed by atoms with Crippen molar-refractivity contribution in [2.75, 3.05) is 12.0 Å². The molecule has 0 aliphatic heterocycles. The second kappa shape index (κ2) is 12.5. The van der Waals surface area contributed by atoms with Crippen molar-refractivity contribution in [1.29, 1.82) is 0 Å². The molecule has 2 heterocycles. The molecule has 0 bridgehead atoms. The molecule has 2 atom stereocenters. The number of aromatic nitrogens is 1. The van der Waals surface area contributed by atoms with Crippen LogP contribution in [0.3, 0.4) is 0 Å². The van der Waals surface area contributed by atoms with Crippen LogP contribution < -0.4 is 19.2 Å². The smallest absolute Gasteiger partial charge is 0.348 e. The van der Waals surface area contributed by atoms with Crippen LogP contribution in [0.4, 0.5) is 5.69 Å². The van der Waals surface area contributed by atoms with Crippen LogP contribution in [-0.2, 0) is 4.79 Å². The zero-order chi connectivity index (χ0) is 29.0. The van der Waals surface area contributed by atoms with Crippen LogP contribution in [0.25, 0.3) is 0 Å². The molecule has 0 aromatic carbocycles. The Hall–Kier alpha value is -3.31. The minimum atomic E-state index is -1.03. The van der Waals surface area contributed by atoms with Crippen LogP contribution >= 0.6 is 11.3 Å². The predicted molar refractivity (Wildman–Crippen MR) is 157 cm³/mol. The van der Waals surface area contributed by atoms with Crippen LogP contribution in [0, 0.1) is 29.1 Å². The normalized spacial score (nSPS) is 22.9. The molecule has 7 nitrogen and oxygen atoms in total. The number of carboxylic acid groups (broad SMARTS) is 1. The second-order valence-electron chi connectivity index (χ2n) is 12.0. The Morgan fingerprint density at radius 2 is 1.93 bits per heavy atom. The summed E-state index contributed by atoms with van der Waals surface area (Å²) in [6, 6.07) is 5.48. The number of hydrogen-bond donors (Lipinski definition) is 1. The minimum Gasteiger partial charge on any atom is -0.484 e. The lowest BCUT2D eigenvalue weighted by atomic mass is 9.79. The molecule has 2 aliphatic carbocycles. The summed E-state index contributed by atoms with van der Waals surface area (Å²) >= 11 is 1.15. The monoisotopic (exact) mass is 565 g/mol. The van der Waals surface area contributed by atoms with E-state index in [9.17, 15) is 14.7 Å². The van der Waals surface area contributed by atoms with Gasteiger partial charge in [0.15, 0.2) is 5.75 Å². The average Bonchev–Trinajstić information content (AvgIpc) is 3.32. The molecule has 2 aromatic rings. The summed E-state index contributed by atoms with van der Waals surface area (Å²) < 4.78 is 7.84. The van der Waals surface area contributed by atoms with E-state index in [1.807, 2.05) is 43.9 Å². The van der Waals surface area contributed by atoms with Gasteiger partial charge in [-0.1, -0.05) is 30.4 Å². The predicted octanol–water partition coefficient (Wildman–Crippen LogP) is 5.91. The number of ether oxygens (including phenoxy) is 1. The number of amides is 1. The lowest BCUT2D eigenvalue weighted by Crippen LogP contribution is -2.48. The first kappa shape index (κ1) is 29.7. The average molecular weight is 566 g/mol. The van der Waals surface area contributed by atoms with E-state index in [4.69, 9.17) is 9.57 Å². The number of pyridine rings is 1. The number of nitrogens with zero attached hydrogens (tertiary/aromatic N) is 2. The molecule has 2 aromatic heterocycles. The largest absolute Gasteiger partial charge is 0.484 e. The highest BCUT2D eigenvalue weighted by molar-refractivity contribution is 7.15. The molecule has 0 radical (unpaired) electrons. The maximum Gasteiger partial charge on any atom is 0.348 e. The summed E-state index contributed by atoms with van der Waals surface area (Å²) in [7, 11) is 1.60. The van der Waals surface area contributed by atoms with Gasteiger partial charge in [-0.15, -0.1) is 11.3 Å². The number of carbonyl (C=O) groups excluding carboxylic acids is 1. The molecule has 8 heteroatoms. The fourth-order valence-electron chi connectivity index (χ4n) is 5.57. The number of hydrogen-bond acceptors (Lipinski definition) is 5. The Morgan fingerprint density at radius 1 is 1.20 bits per heavy atom. The Kier molecular flexibility index (Phi) is 9.25. The zero-order valence-electron chi connectivity index (χ0n) is 24.4. The Morgan fingerprint density at radius 3 is 2.55 bits per heavy atom. The van der Waals surface area contributed by atoms with Crippen LogP contribution in [0.15, 0.2) is 42.2 Å². The summed E-state index contributed by atoms with van der Waals surface area (Å²) in [5, 5.41) is 10.2. The van der Waals surface area contributed by atoms with E-state index in [1.165, 1.54) is 5.57 Å². The van der Waals surface area contributed by atoms with E-state index in [0.717, 1.165) is 49.2 Å². The molecule has 1 amide bonds. The second-order valence-corrected chi connectivity index (χ2v) is 13.1. The highest BCUT2D eigenvalue weighted by atomic mass is 32.1. The van der Waals surface area contributed by atoms with Gasteiger partial charge in [0.25, 0.3) is 6.20 Å². The summed E-state index contributed by atoms with van der Waals surface area (Å²) in [6.07, 6.45) is 10.3. The number of anilines is 1. The quantitative estimate of drug-likeness (QED) is 0.257. The van der Waals surface area contributed by atoms with Crippen molar-refractivity contribution >= 4 is 28.9 Å².